The van der Waals surface area contributed by atoms with Crippen LogP contribution in [0.5, 0.6) is 5.75 Å². The summed E-state index contributed by atoms with van der Waals surface area (Å²) in [5, 5.41) is 0.177. The summed E-state index contributed by atoms with van der Waals surface area (Å²) in [7, 11) is -3.98. The standard InChI is InChI=1S/C17H20ClN3O4S/c1-2-25-16-9-8-14(10-15(16)18)26(23,24)21(12-17(22)20-19)11-13-6-4-3-5-7-13/h3-10H,2,11-12,19H2,1H3,(H,20,22). The van der Waals surface area contributed by atoms with Crippen molar-refractivity contribution in [3.8, 4) is 5.75 Å². The van der Waals surface area contributed by atoms with E-state index in [1.54, 1.807) is 31.2 Å². The number of hydrazine groups is 1. The number of sulfonamides is 1. The topological polar surface area (TPSA) is 102 Å². The fourth-order valence-corrected chi connectivity index (χ4v) is 3.99. The number of carbonyl (C=O) groups is 1. The summed E-state index contributed by atoms with van der Waals surface area (Å²) in [6, 6.07) is 13.1. The molecule has 0 radical (unpaired) electrons. The summed E-state index contributed by atoms with van der Waals surface area (Å²) in [5.74, 6) is 4.88. The Morgan fingerprint density at radius 1 is 1.23 bits per heavy atom. The average molecular weight is 398 g/mol. The molecule has 140 valence electrons. The van der Waals surface area contributed by atoms with Gasteiger partial charge in [-0.05, 0) is 30.7 Å². The first-order valence-electron chi connectivity index (χ1n) is 7.84. The number of ether oxygens (including phenoxy) is 1. The van der Waals surface area contributed by atoms with Gasteiger partial charge in [-0.25, -0.2) is 14.3 Å². The molecule has 9 heteroatoms. The second kappa shape index (κ2) is 9.00. The minimum Gasteiger partial charge on any atom is -0.492 e. The Kier molecular flexibility index (Phi) is 6.98. The lowest BCUT2D eigenvalue weighted by Gasteiger charge is -2.22. The smallest absolute Gasteiger partial charge is 0.249 e. The van der Waals surface area contributed by atoms with Gasteiger partial charge in [-0.2, -0.15) is 4.31 Å². The average Bonchev–Trinajstić information content (AvgIpc) is 2.63. The zero-order valence-corrected chi connectivity index (χ0v) is 15.8. The van der Waals surface area contributed by atoms with Gasteiger partial charge in [-0.15, -0.1) is 0 Å². The van der Waals surface area contributed by atoms with Crippen LogP contribution in [0.1, 0.15) is 12.5 Å². The lowest BCUT2D eigenvalue weighted by Crippen LogP contribution is -2.42. The zero-order chi connectivity index (χ0) is 19.2. The molecule has 2 rings (SSSR count). The van der Waals surface area contributed by atoms with E-state index in [1.165, 1.54) is 18.2 Å². The van der Waals surface area contributed by atoms with E-state index >= 15 is 0 Å². The summed E-state index contributed by atoms with van der Waals surface area (Å²) in [6.45, 7) is 1.80. The third kappa shape index (κ3) is 4.95. The van der Waals surface area contributed by atoms with Crippen LogP contribution in [0.3, 0.4) is 0 Å². The number of amides is 1. The molecule has 0 aliphatic carbocycles. The third-order valence-corrected chi connectivity index (χ3v) is 5.61. The number of nitrogens with one attached hydrogen (secondary N) is 1. The molecular weight excluding hydrogens is 378 g/mol. The molecule has 26 heavy (non-hydrogen) atoms. The first-order chi connectivity index (χ1) is 12.4. The lowest BCUT2D eigenvalue weighted by molar-refractivity contribution is -0.121. The van der Waals surface area contributed by atoms with Gasteiger partial charge in [0, 0.05) is 6.54 Å². The molecule has 7 nitrogen and oxygen atoms in total. The minimum atomic E-state index is -3.98. The highest BCUT2D eigenvalue weighted by Crippen LogP contribution is 2.29. The van der Waals surface area contributed by atoms with Gasteiger partial charge in [-0.1, -0.05) is 41.9 Å². The highest BCUT2D eigenvalue weighted by Gasteiger charge is 2.27. The van der Waals surface area contributed by atoms with E-state index in [1.807, 2.05) is 11.5 Å². The molecule has 0 bridgehead atoms. The molecule has 1 amide bonds. The first kappa shape index (κ1) is 20.2. The Morgan fingerprint density at radius 2 is 1.92 bits per heavy atom. The quantitative estimate of drug-likeness (QED) is 0.402. The van der Waals surface area contributed by atoms with Crippen molar-refractivity contribution >= 4 is 27.5 Å². The van der Waals surface area contributed by atoms with Gasteiger partial charge in [0.1, 0.15) is 5.75 Å². The molecule has 2 aromatic rings. The van der Waals surface area contributed by atoms with Crippen LogP contribution in [0, 0.1) is 0 Å². The predicted molar refractivity (Wildman–Crippen MR) is 99.0 cm³/mol. The molecule has 0 aliphatic heterocycles. The van der Waals surface area contributed by atoms with Gasteiger partial charge < -0.3 is 4.74 Å². The van der Waals surface area contributed by atoms with Crippen molar-refractivity contribution in [3.63, 3.8) is 0 Å². The van der Waals surface area contributed by atoms with Crippen LogP contribution >= 0.6 is 11.6 Å². The molecule has 0 heterocycles. The number of nitrogens with zero attached hydrogens (tertiary/aromatic N) is 1. The predicted octanol–water partition coefficient (Wildman–Crippen LogP) is 1.92. The van der Waals surface area contributed by atoms with Gasteiger partial charge in [0.2, 0.25) is 15.9 Å². The van der Waals surface area contributed by atoms with E-state index in [9.17, 15) is 13.2 Å². The highest BCUT2D eigenvalue weighted by atomic mass is 35.5. The van der Waals surface area contributed by atoms with Crippen molar-refractivity contribution in [2.75, 3.05) is 13.2 Å². The number of halogens is 1. The van der Waals surface area contributed by atoms with Crippen LogP contribution in [0.25, 0.3) is 0 Å². The molecule has 0 aliphatic rings. The van der Waals surface area contributed by atoms with Crippen molar-refractivity contribution in [1.29, 1.82) is 0 Å². The number of carbonyl (C=O) groups excluding carboxylic acids is 1. The molecule has 0 saturated carbocycles. The van der Waals surface area contributed by atoms with Crippen molar-refractivity contribution < 1.29 is 17.9 Å². The van der Waals surface area contributed by atoms with Crippen LogP contribution in [-0.4, -0.2) is 31.8 Å². The third-order valence-electron chi connectivity index (χ3n) is 3.52. The monoisotopic (exact) mass is 397 g/mol. The van der Waals surface area contributed by atoms with Crippen LogP contribution in [0.4, 0.5) is 0 Å². The maximum atomic E-state index is 13.0. The molecule has 0 aromatic heterocycles. The van der Waals surface area contributed by atoms with Crippen LogP contribution < -0.4 is 16.0 Å². The molecule has 3 N–H and O–H groups in total. The summed E-state index contributed by atoms with van der Waals surface area (Å²) in [6.07, 6.45) is 0. The number of benzene rings is 2. The van der Waals surface area contributed by atoms with Gasteiger partial charge in [0.15, 0.2) is 0 Å². The van der Waals surface area contributed by atoms with E-state index in [-0.39, 0.29) is 16.5 Å². The fraction of sp³-hybridized carbons (Fsp3) is 0.235. The second-order valence-corrected chi connectivity index (χ2v) is 7.70. The van der Waals surface area contributed by atoms with Crippen LogP contribution in [-0.2, 0) is 21.4 Å². The first-order valence-corrected chi connectivity index (χ1v) is 9.66. The Balaban J connectivity index is 2.38. The normalized spacial score (nSPS) is 11.4. The van der Waals surface area contributed by atoms with Gasteiger partial charge in [-0.3, -0.25) is 10.2 Å². The summed E-state index contributed by atoms with van der Waals surface area (Å²) >= 11 is 6.10. The van der Waals surface area contributed by atoms with Crippen molar-refractivity contribution in [2.24, 2.45) is 5.84 Å². The Morgan fingerprint density at radius 3 is 2.50 bits per heavy atom. The molecule has 0 unspecified atom stereocenters. The fourth-order valence-electron chi connectivity index (χ4n) is 2.28. The molecular formula is C17H20ClN3O4S. The Hall–Kier alpha value is -2.13. The minimum absolute atomic E-state index is 0.0153. The maximum absolute atomic E-state index is 13.0. The zero-order valence-electron chi connectivity index (χ0n) is 14.2. The Labute approximate surface area is 157 Å². The number of nitrogens with two attached hydrogens (primary N) is 1. The summed E-state index contributed by atoms with van der Waals surface area (Å²) in [4.78, 5) is 11.7. The van der Waals surface area contributed by atoms with Crippen molar-refractivity contribution in [3.05, 3.63) is 59.1 Å². The number of rotatable bonds is 8. The van der Waals surface area contributed by atoms with Crippen molar-refractivity contribution in [1.82, 2.24) is 9.73 Å². The van der Waals surface area contributed by atoms with E-state index < -0.39 is 22.5 Å². The summed E-state index contributed by atoms with van der Waals surface area (Å²) in [5.41, 5.74) is 2.69. The highest BCUT2D eigenvalue weighted by molar-refractivity contribution is 7.89. The lowest BCUT2D eigenvalue weighted by atomic mass is 10.2. The molecule has 0 fully saturated rings. The SMILES string of the molecule is CCOc1ccc(S(=O)(=O)N(CC(=O)NN)Cc2ccccc2)cc1Cl. The largest absolute Gasteiger partial charge is 0.492 e. The van der Waals surface area contributed by atoms with E-state index in [4.69, 9.17) is 22.2 Å². The summed E-state index contributed by atoms with van der Waals surface area (Å²) < 4.78 is 32.4. The van der Waals surface area contributed by atoms with Crippen LogP contribution in [0.15, 0.2) is 53.4 Å². The molecule has 0 spiro atoms. The van der Waals surface area contributed by atoms with E-state index in [0.29, 0.717) is 12.4 Å². The molecule has 2 aromatic carbocycles. The molecule has 0 atom stereocenters. The van der Waals surface area contributed by atoms with E-state index in [0.717, 1.165) is 9.87 Å². The maximum Gasteiger partial charge on any atom is 0.249 e. The number of hydrogen-bond donors (Lipinski definition) is 2. The molecule has 0 saturated heterocycles. The van der Waals surface area contributed by atoms with Gasteiger partial charge in [0.05, 0.1) is 23.1 Å². The van der Waals surface area contributed by atoms with Crippen LogP contribution in [0.2, 0.25) is 5.02 Å². The number of hydrogen-bond acceptors (Lipinski definition) is 5. The second-order valence-electron chi connectivity index (χ2n) is 5.35. The van der Waals surface area contributed by atoms with Gasteiger partial charge >= 0.3 is 0 Å². The van der Waals surface area contributed by atoms with Gasteiger partial charge in [0.25, 0.3) is 0 Å². The van der Waals surface area contributed by atoms with E-state index in [2.05, 4.69) is 0 Å². The Bertz CT molecular complexity index is 860. The van der Waals surface area contributed by atoms with Crippen molar-refractivity contribution in [2.45, 2.75) is 18.4 Å².